The molecule has 1 aromatic rings. The van der Waals surface area contributed by atoms with Crippen molar-refractivity contribution in [2.24, 2.45) is 0 Å². The van der Waals surface area contributed by atoms with Crippen molar-refractivity contribution in [3.63, 3.8) is 0 Å². The van der Waals surface area contributed by atoms with Crippen LogP contribution in [0.15, 0.2) is 12.1 Å². The Morgan fingerprint density at radius 1 is 1.44 bits per heavy atom. The van der Waals surface area contributed by atoms with Gasteiger partial charge in [0.1, 0.15) is 0 Å². The summed E-state index contributed by atoms with van der Waals surface area (Å²) in [5, 5.41) is 3.32. The highest BCUT2D eigenvalue weighted by Gasteiger charge is 2.40. The average molecular weight is 310 g/mol. The zero-order valence-electron chi connectivity index (χ0n) is 11.2. The predicted octanol–water partition coefficient (Wildman–Crippen LogP) is 3.27. The number of hydrogen-bond acceptors (Lipinski definition) is 4. The van der Waals surface area contributed by atoms with E-state index in [1.165, 1.54) is 17.6 Å². The van der Waals surface area contributed by atoms with E-state index in [9.17, 15) is 8.42 Å². The summed E-state index contributed by atoms with van der Waals surface area (Å²) in [6.45, 7) is 6.34. The van der Waals surface area contributed by atoms with Crippen LogP contribution >= 0.6 is 22.9 Å². The number of thiophene rings is 1. The fourth-order valence-electron chi connectivity index (χ4n) is 1.68. The maximum Gasteiger partial charge on any atom is 0.154 e. The number of nitrogens with one attached hydrogen (secondary N) is 1. The van der Waals surface area contributed by atoms with E-state index >= 15 is 0 Å². The molecule has 0 aromatic carbocycles. The van der Waals surface area contributed by atoms with Crippen molar-refractivity contribution in [2.45, 2.75) is 38.0 Å². The lowest BCUT2D eigenvalue weighted by atomic mass is 10.0. The molecule has 0 aliphatic rings. The van der Waals surface area contributed by atoms with E-state index in [0.717, 1.165) is 17.8 Å². The van der Waals surface area contributed by atoms with Gasteiger partial charge >= 0.3 is 0 Å². The lowest BCUT2D eigenvalue weighted by Gasteiger charge is -2.32. The fourth-order valence-corrected chi connectivity index (χ4v) is 3.71. The van der Waals surface area contributed by atoms with Gasteiger partial charge in [-0.3, -0.25) is 0 Å². The zero-order chi connectivity index (χ0) is 14.0. The molecule has 3 nitrogen and oxygen atoms in total. The molecular formula is C12H20ClNO2S2. The molecule has 1 heterocycles. The molecule has 18 heavy (non-hydrogen) atoms. The van der Waals surface area contributed by atoms with Crippen molar-refractivity contribution in [1.29, 1.82) is 0 Å². The van der Waals surface area contributed by atoms with Crippen LogP contribution in [0.5, 0.6) is 0 Å². The van der Waals surface area contributed by atoms with Crippen LogP contribution in [0.1, 0.15) is 38.1 Å². The van der Waals surface area contributed by atoms with Crippen LogP contribution in [0.3, 0.4) is 0 Å². The van der Waals surface area contributed by atoms with Crippen LogP contribution in [0.2, 0.25) is 4.34 Å². The third-order valence-electron chi connectivity index (χ3n) is 3.13. The number of rotatable bonds is 6. The number of hydrogen-bond donors (Lipinski definition) is 1. The van der Waals surface area contributed by atoms with Gasteiger partial charge in [-0.15, -0.1) is 11.3 Å². The zero-order valence-corrected chi connectivity index (χ0v) is 13.5. The summed E-state index contributed by atoms with van der Waals surface area (Å²) < 4.78 is 23.8. The molecule has 0 amide bonds. The van der Waals surface area contributed by atoms with E-state index in [2.05, 4.69) is 12.2 Å². The Hall–Kier alpha value is -0.100. The molecule has 6 heteroatoms. The van der Waals surface area contributed by atoms with Crippen LogP contribution in [0.25, 0.3) is 0 Å². The molecule has 1 rings (SSSR count). The minimum absolute atomic E-state index is 0.232. The highest BCUT2D eigenvalue weighted by molar-refractivity contribution is 7.92. The Kier molecular flexibility index (Phi) is 5.23. The predicted molar refractivity (Wildman–Crippen MR) is 79.3 cm³/mol. The largest absolute Gasteiger partial charge is 0.308 e. The van der Waals surface area contributed by atoms with Crippen molar-refractivity contribution in [3.05, 3.63) is 21.3 Å². The van der Waals surface area contributed by atoms with Gasteiger partial charge in [0, 0.05) is 11.1 Å². The molecule has 0 radical (unpaired) electrons. The van der Waals surface area contributed by atoms with Gasteiger partial charge in [-0.25, -0.2) is 8.42 Å². The third kappa shape index (κ3) is 3.47. The molecule has 0 aliphatic heterocycles. The van der Waals surface area contributed by atoms with Crippen LogP contribution in [-0.2, 0) is 9.84 Å². The Labute approximate surface area is 118 Å². The monoisotopic (exact) mass is 309 g/mol. The van der Waals surface area contributed by atoms with Gasteiger partial charge in [0.25, 0.3) is 0 Å². The lowest BCUT2D eigenvalue weighted by molar-refractivity contribution is 0.425. The van der Waals surface area contributed by atoms with Gasteiger partial charge < -0.3 is 5.32 Å². The summed E-state index contributed by atoms with van der Waals surface area (Å²) in [6.07, 6.45) is 2.23. The molecule has 0 saturated heterocycles. The summed E-state index contributed by atoms with van der Waals surface area (Å²) in [5.41, 5.74) is 0. The van der Waals surface area contributed by atoms with E-state index in [1.54, 1.807) is 19.9 Å². The van der Waals surface area contributed by atoms with Gasteiger partial charge in [-0.2, -0.15) is 0 Å². The lowest BCUT2D eigenvalue weighted by Crippen LogP contribution is -2.44. The summed E-state index contributed by atoms with van der Waals surface area (Å²) in [7, 11) is -3.17. The molecule has 1 aromatic heterocycles. The van der Waals surface area contributed by atoms with Crippen LogP contribution < -0.4 is 5.32 Å². The second-order valence-electron chi connectivity index (χ2n) is 4.90. The maximum atomic E-state index is 12.0. The first-order valence-corrected chi connectivity index (χ1v) is 8.97. The van der Waals surface area contributed by atoms with Crippen LogP contribution in [0.4, 0.5) is 0 Å². The van der Waals surface area contributed by atoms with Crippen LogP contribution in [0, 0.1) is 0 Å². The van der Waals surface area contributed by atoms with E-state index in [-0.39, 0.29) is 6.04 Å². The Balaban J connectivity index is 3.13. The molecule has 0 saturated carbocycles. The third-order valence-corrected chi connectivity index (χ3v) is 6.57. The first-order valence-electron chi connectivity index (χ1n) is 5.88. The smallest absolute Gasteiger partial charge is 0.154 e. The first-order chi connectivity index (χ1) is 8.20. The summed E-state index contributed by atoms with van der Waals surface area (Å²) in [5.74, 6) is 0. The molecule has 1 atom stereocenters. The second-order valence-corrected chi connectivity index (χ2v) is 9.25. The maximum absolute atomic E-state index is 12.0. The number of halogens is 1. The quantitative estimate of drug-likeness (QED) is 0.877. The van der Waals surface area contributed by atoms with Crippen molar-refractivity contribution in [2.75, 3.05) is 12.8 Å². The summed E-state index contributed by atoms with van der Waals surface area (Å²) in [6, 6.07) is 3.47. The van der Waals surface area contributed by atoms with E-state index in [4.69, 9.17) is 11.6 Å². The molecular weight excluding hydrogens is 290 g/mol. The van der Waals surface area contributed by atoms with Crippen molar-refractivity contribution >= 4 is 32.8 Å². The highest BCUT2D eigenvalue weighted by Crippen LogP contribution is 2.37. The van der Waals surface area contributed by atoms with E-state index in [1.807, 2.05) is 6.07 Å². The molecule has 1 N–H and O–H groups in total. The minimum atomic E-state index is -3.17. The topological polar surface area (TPSA) is 46.2 Å². The SMILES string of the molecule is CCCNC(c1ccc(Cl)s1)C(C)(C)S(C)(=O)=O. The fraction of sp³-hybridized carbons (Fsp3) is 0.667. The summed E-state index contributed by atoms with van der Waals surface area (Å²) in [4.78, 5) is 0.962. The second kappa shape index (κ2) is 5.90. The average Bonchev–Trinajstić information content (AvgIpc) is 2.63. The standard InChI is InChI=1S/C12H20ClNO2S2/c1-5-8-14-11(9-6-7-10(13)17-9)12(2,3)18(4,15)16/h6-7,11,14H,5,8H2,1-4H3. The van der Waals surface area contributed by atoms with Gasteiger partial charge in [0.15, 0.2) is 9.84 Å². The molecule has 0 fully saturated rings. The first kappa shape index (κ1) is 16.0. The Morgan fingerprint density at radius 2 is 2.06 bits per heavy atom. The molecule has 104 valence electrons. The van der Waals surface area contributed by atoms with Gasteiger partial charge in [0.2, 0.25) is 0 Å². The van der Waals surface area contributed by atoms with Gasteiger partial charge in [-0.05, 0) is 38.9 Å². The molecule has 0 spiro atoms. The Bertz CT molecular complexity index is 494. The molecule has 0 aliphatic carbocycles. The molecule has 1 unspecified atom stereocenters. The minimum Gasteiger partial charge on any atom is -0.308 e. The highest BCUT2D eigenvalue weighted by atomic mass is 35.5. The summed E-state index contributed by atoms with van der Waals surface area (Å²) >= 11 is 7.37. The van der Waals surface area contributed by atoms with Crippen molar-refractivity contribution in [1.82, 2.24) is 5.32 Å². The van der Waals surface area contributed by atoms with Gasteiger partial charge in [-0.1, -0.05) is 18.5 Å². The van der Waals surface area contributed by atoms with Crippen molar-refractivity contribution < 1.29 is 8.42 Å². The molecule has 0 bridgehead atoms. The van der Waals surface area contributed by atoms with Crippen LogP contribution in [-0.4, -0.2) is 26.0 Å². The normalized spacial score (nSPS) is 14.7. The van der Waals surface area contributed by atoms with E-state index < -0.39 is 14.6 Å². The van der Waals surface area contributed by atoms with E-state index in [0.29, 0.717) is 4.34 Å². The Morgan fingerprint density at radius 3 is 2.44 bits per heavy atom. The van der Waals surface area contributed by atoms with Gasteiger partial charge in [0.05, 0.1) is 15.1 Å². The number of sulfone groups is 1. The van der Waals surface area contributed by atoms with Crippen molar-refractivity contribution in [3.8, 4) is 0 Å².